The first-order valence-corrected chi connectivity index (χ1v) is 8.37. The van der Waals surface area contributed by atoms with Crippen molar-refractivity contribution in [2.24, 2.45) is 0 Å². The van der Waals surface area contributed by atoms with Crippen LogP contribution in [-0.2, 0) is 17.4 Å². The lowest BCUT2D eigenvalue weighted by molar-refractivity contribution is 0.282. The molecule has 0 heterocycles. The zero-order valence-corrected chi connectivity index (χ0v) is 15.6. The van der Waals surface area contributed by atoms with Gasteiger partial charge in [-0.05, 0) is 40.7 Å². The number of phenolic OH excluding ortho intramolecular Hbond substituents is 1. The number of aromatic hydroxyl groups is 1. The highest BCUT2D eigenvalue weighted by atomic mass is 16.3. The standard InChI is InChI=1S/C21H29NO2/c1-20(2,3)17-11-16(12-18(19(17)24)21(4,5)6)22-15-9-7-8-14(10-15)13-23/h7-12,22-24H,13H2,1-6H3. The van der Waals surface area contributed by atoms with Crippen LogP contribution >= 0.6 is 0 Å². The number of hydrogen-bond acceptors (Lipinski definition) is 3. The van der Waals surface area contributed by atoms with E-state index in [9.17, 15) is 10.2 Å². The Labute approximate surface area is 145 Å². The Balaban J connectivity index is 2.53. The van der Waals surface area contributed by atoms with Crippen LogP contribution in [0.1, 0.15) is 58.2 Å². The number of hydrogen-bond donors (Lipinski definition) is 3. The molecule has 2 aromatic rings. The number of nitrogens with one attached hydrogen (secondary N) is 1. The number of benzene rings is 2. The molecular formula is C21H29NO2. The summed E-state index contributed by atoms with van der Waals surface area (Å²) in [5.74, 6) is 0.379. The van der Waals surface area contributed by atoms with E-state index in [4.69, 9.17) is 0 Å². The lowest BCUT2D eigenvalue weighted by Gasteiger charge is -2.28. The van der Waals surface area contributed by atoms with Crippen molar-refractivity contribution in [2.45, 2.75) is 59.0 Å². The molecule has 0 spiro atoms. The minimum absolute atomic E-state index is 0.0194. The molecule has 3 N–H and O–H groups in total. The summed E-state index contributed by atoms with van der Waals surface area (Å²) >= 11 is 0. The Morgan fingerprint density at radius 3 is 1.83 bits per heavy atom. The third-order valence-corrected chi connectivity index (χ3v) is 4.12. The highest BCUT2D eigenvalue weighted by Crippen LogP contribution is 2.41. The number of rotatable bonds is 3. The summed E-state index contributed by atoms with van der Waals surface area (Å²) in [6.45, 7) is 12.6. The van der Waals surface area contributed by atoms with Crippen LogP contribution in [0.15, 0.2) is 36.4 Å². The molecule has 24 heavy (non-hydrogen) atoms. The van der Waals surface area contributed by atoms with E-state index < -0.39 is 0 Å². The predicted octanol–water partition coefficient (Wildman–Crippen LogP) is 5.22. The van der Waals surface area contributed by atoms with Gasteiger partial charge in [0.2, 0.25) is 0 Å². The molecule has 0 amide bonds. The van der Waals surface area contributed by atoms with E-state index in [2.05, 4.69) is 46.9 Å². The van der Waals surface area contributed by atoms with Gasteiger partial charge in [0.1, 0.15) is 5.75 Å². The van der Waals surface area contributed by atoms with Gasteiger partial charge in [-0.1, -0.05) is 53.7 Å². The van der Waals surface area contributed by atoms with Crippen molar-refractivity contribution >= 4 is 11.4 Å². The van der Waals surface area contributed by atoms with Gasteiger partial charge >= 0.3 is 0 Å². The molecule has 0 aliphatic heterocycles. The molecule has 0 fully saturated rings. The van der Waals surface area contributed by atoms with Gasteiger partial charge in [-0.3, -0.25) is 0 Å². The van der Waals surface area contributed by atoms with Gasteiger partial charge in [-0.2, -0.15) is 0 Å². The van der Waals surface area contributed by atoms with E-state index in [1.165, 1.54) is 0 Å². The predicted molar refractivity (Wildman–Crippen MR) is 101 cm³/mol. The van der Waals surface area contributed by atoms with Crippen LogP contribution in [0.2, 0.25) is 0 Å². The quantitative estimate of drug-likeness (QED) is 0.677. The average molecular weight is 327 g/mol. The SMILES string of the molecule is CC(C)(C)c1cc(Nc2cccc(CO)c2)cc(C(C)(C)C)c1O. The van der Waals surface area contributed by atoms with Crippen LogP contribution in [0.4, 0.5) is 11.4 Å². The second kappa shape index (κ2) is 6.48. The van der Waals surface area contributed by atoms with Crippen LogP contribution in [-0.4, -0.2) is 10.2 Å². The summed E-state index contributed by atoms with van der Waals surface area (Å²) in [6.07, 6.45) is 0. The van der Waals surface area contributed by atoms with E-state index >= 15 is 0 Å². The molecule has 2 rings (SSSR count). The van der Waals surface area contributed by atoms with Crippen LogP contribution < -0.4 is 5.32 Å². The average Bonchev–Trinajstić information content (AvgIpc) is 2.46. The van der Waals surface area contributed by atoms with Crippen molar-refractivity contribution in [3.05, 3.63) is 53.1 Å². The topological polar surface area (TPSA) is 52.5 Å². The third-order valence-electron chi connectivity index (χ3n) is 4.12. The number of phenols is 1. The first-order chi connectivity index (χ1) is 11.0. The lowest BCUT2D eigenvalue weighted by atomic mass is 9.79. The van der Waals surface area contributed by atoms with Crippen molar-refractivity contribution in [2.75, 3.05) is 5.32 Å². The maximum absolute atomic E-state index is 10.8. The van der Waals surface area contributed by atoms with Crippen LogP contribution in [0.3, 0.4) is 0 Å². The fourth-order valence-electron chi connectivity index (χ4n) is 2.76. The molecule has 0 aromatic heterocycles. The number of anilines is 2. The zero-order valence-electron chi connectivity index (χ0n) is 15.6. The normalized spacial score (nSPS) is 12.3. The number of aliphatic hydroxyl groups excluding tert-OH is 1. The minimum Gasteiger partial charge on any atom is -0.507 e. The Bertz CT molecular complexity index is 686. The fraction of sp³-hybridized carbons (Fsp3) is 0.429. The Morgan fingerprint density at radius 1 is 0.833 bits per heavy atom. The van der Waals surface area contributed by atoms with Gasteiger partial charge in [0.05, 0.1) is 6.61 Å². The van der Waals surface area contributed by atoms with E-state index in [-0.39, 0.29) is 17.4 Å². The van der Waals surface area contributed by atoms with Crippen molar-refractivity contribution in [1.82, 2.24) is 0 Å². The molecule has 0 saturated heterocycles. The highest BCUT2D eigenvalue weighted by molar-refractivity contribution is 5.66. The van der Waals surface area contributed by atoms with E-state index in [1.807, 2.05) is 36.4 Å². The highest BCUT2D eigenvalue weighted by Gasteiger charge is 2.26. The molecule has 2 aromatic carbocycles. The summed E-state index contributed by atoms with van der Waals surface area (Å²) in [7, 11) is 0. The van der Waals surface area contributed by atoms with Gasteiger partial charge < -0.3 is 15.5 Å². The van der Waals surface area contributed by atoms with Crippen molar-refractivity contribution in [1.29, 1.82) is 0 Å². The van der Waals surface area contributed by atoms with Crippen molar-refractivity contribution in [3.63, 3.8) is 0 Å². The molecule has 130 valence electrons. The third kappa shape index (κ3) is 4.09. The first-order valence-electron chi connectivity index (χ1n) is 8.37. The molecule has 0 bridgehead atoms. The van der Waals surface area contributed by atoms with Crippen molar-refractivity contribution < 1.29 is 10.2 Å². The van der Waals surface area contributed by atoms with Crippen molar-refractivity contribution in [3.8, 4) is 5.75 Å². The monoisotopic (exact) mass is 327 g/mol. The number of aliphatic hydroxyl groups is 1. The summed E-state index contributed by atoms with van der Waals surface area (Å²) < 4.78 is 0. The fourth-order valence-corrected chi connectivity index (χ4v) is 2.76. The molecular weight excluding hydrogens is 298 g/mol. The van der Waals surface area contributed by atoms with Crippen LogP contribution in [0, 0.1) is 0 Å². The summed E-state index contributed by atoms with van der Waals surface area (Å²) in [6, 6.07) is 11.7. The lowest BCUT2D eigenvalue weighted by Crippen LogP contribution is -2.17. The van der Waals surface area contributed by atoms with E-state index in [1.54, 1.807) is 0 Å². The van der Waals surface area contributed by atoms with Gasteiger partial charge in [0, 0.05) is 22.5 Å². The summed E-state index contributed by atoms with van der Waals surface area (Å²) in [5.41, 5.74) is 4.27. The maximum atomic E-state index is 10.8. The molecule has 3 nitrogen and oxygen atoms in total. The summed E-state index contributed by atoms with van der Waals surface area (Å²) in [5, 5.41) is 23.5. The second-order valence-corrected chi connectivity index (χ2v) is 8.40. The second-order valence-electron chi connectivity index (χ2n) is 8.40. The van der Waals surface area contributed by atoms with Crippen LogP contribution in [0.25, 0.3) is 0 Å². The summed E-state index contributed by atoms with van der Waals surface area (Å²) in [4.78, 5) is 0. The van der Waals surface area contributed by atoms with Gasteiger partial charge in [0.15, 0.2) is 0 Å². The molecule has 0 radical (unpaired) electrons. The van der Waals surface area contributed by atoms with E-state index in [0.717, 1.165) is 28.1 Å². The molecule has 3 heteroatoms. The Morgan fingerprint density at radius 2 is 1.38 bits per heavy atom. The largest absolute Gasteiger partial charge is 0.507 e. The van der Waals surface area contributed by atoms with Gasteiger partial charge in [-0.25, -0.2) is 0 Å². The maximum Gasteiger partial charge on any atom is 0.123 e. The minimum atomic E-state index is -0.158. The molecule has 0 aliphatic rings. The molecule has 0 atom stereocenters. The van der Waals surface area contributed by atoms with E-state index in [0.29, 0.717) is 5.75 Å². The Kier molecular flexibility index (Phi) is 4.95. The molecule has 0 saturated carbocycles. The smallest absolute Gasteiger partial charge is 0.123 e. The van der Waals surface area contributed by atoms with Gasteiger partial charge in [0.25, 0.3) is 0 Å². The molecule has 0 aliphatic carbocycles. The van der Waals surface area contributed by atoms with Crippen LogP contribution in [0.5, 0.6) is 5.75 Å². The van der Waals surface area contributed by atoms with Gasteiger partial charge in [-0.15, -0.1) is 0 Å². The zero-order chi connectivity index (χ0) is 18.1. The molecule has 0 unspecified atom stereocenters. The Hall–Kier alpha value is -2.00. The first kappa shape index (κ1) is 18.3.